The first-order valence-corrected chi connectivity index (χ1v) is 14.4. The second-order valence-electron chi connectivity index (χ2n) is 10.7. The van der Waals surface area contributed by atoms with Gasteiger partial charge in [0.25, 0.3) is 5.56 Å². The predicted molar refractivity (Wildman–Crippen MR) is 172 cm³/mol. The van der Waals surface area contributed by atoms with Crippen LogP contribution < -0.4 is 19.8 Å². The molecule has 0 aliphatic heterocycles. The number of benzene rings is 3. The Labute approximate surface area is 259 Å². The number of methoxy groups -OCH3 is 3. The number of esters is 1. The predicted octanol–water partition coefficient (Wildman–Crippen LogP) is 5.82. The van der Waals surface area contributed by atoms with Gasteiger partial charge < -0.3 is 28.1 Å². The van der Waals surface area contributed by atoms with Gasteiger partial charge in [-0.2, -0.15) is 0 Å². The average Bonchev–Trinajstić information content (AvgIpc) is 3.26. The van der Waals surface area contributed by atoms with Crippen LogP contribution in [0.5, 0.6) is 17.2 Å². The topological polar surface area (TPSA) is 98.0 Å². The first-order valence-electron chi connectivity index (χ1n) is 14.4. The molecule has 9 heteroatoms. The number of allylic oxidation sites excluding steroid dienone is 1. The highest BCUT2D eigenvalue weighted by Gasteiger charge is 2.31. The molecule has 1 aliphatic carbocycles. The molecule has 5 aromatic rings. The lowest BCUT2D eigenvalue weighted by atomic mass is 9.96. The maximum Gasteiger partial charge on any atom is 0.347 e. The Morgan fingerprint density at radius 3 is 2.49 bits per heavy atom. The van der Waals surface area contributed by atoms with Crippen molar-refractivity contribution in [3.63, 3.8) is 0 Å². The van der Waals surface area contributed by atoms with Crippen molar-refractivity contribution < 1.29 is 28.5 Å². The fourth-order valence-electron chi connectivity index (χ4n) is 5.91. The molecule has 9 nitrogen and oxygen atoms in total. The number of rotatable bonds is 9. The molecule has 0 bridgehead atoms. The van der Waals surface area contributed by atoms with Gasteiger partial charge in [-0.1, -0.05) is 42.5 Å². The summed E-state index contributed by atoms with van der Waals surface area (Å²) in [6.45, 7) is 0.229. The van der Waals surface area contributed by atoms with Gasteiger partial charge in [-0.15, -0.1) is 0 Å². The van der Waals surface area contributed by atoms with E-state index in [0.717, 1.165) is 33.9 Å². The molecule has 6 rings (SSSR count). The quantitative estimate of drug-likeness (QED) is 0.155. The van der Waals surface area contributed by atoms with E-state index < -0.39 is 11.5 Å². The van der Waals surface area contributed by atoms with Gasteiger partial charge in [-0.05, 0) is 47.9 Å². The molecule has 0 fully saturated rings. The first-order chi connectivity index (χ1) is 21.9. The third-order valence-corrected chi connectivity index (χ3v) is 8.20. The molecule has 45 heavy (non-hydrogen) atoms. The number of pyridine rings is 1. The van der Waals surface area contributed by atoms with Gasteiger partial charge in [0.15, 0.2) is 11.8 Å². The highest BCUT2D eigenvalue weighted by Crippen LogP contribution is 2.40. The third-order valence-electron chi connectivity index (χ3n) is 8.20. The summed E-state index contributed by atoms with van der Waals surface area (Å²) >= 11 is 0. The smallest absolute Gasteiger partial charge is 0.347 e. The van der Waals surface area contributed by atoms with E-state index in [9.17, 15) is 14.4 Å². The van der Waals surface area contributed by atoms with Crippen LogP contribution in [0.1, 0.15) is 43.1 Å². The minimum absolute atomic E-state index is 0.0865. The Morgan fingerprint density at radius 1 is 0.978 bits per heavy atom. The van der Waals surface area contributed by atoms with Crippen molar-refractivity contribution in [3.8, 4) is 28.5 Å². The number of hydrogen-bond donors (Lipinski definition) is 0. The average molecular weight is 605 g/mol. The number of carbonyl (C=O) groups excluding carboxylic acids is 2. The molecule has 1 aliphatic rings. The maximum atomic E-state index is 14.5. The van der Waals surface area contributed by atoms with Crippen LogP contribution in [-0.4, -0.2) is 42.7 Å². The molecule has 0 atom stereocenters. The fourth-order valence-corrected chi connectivity index (χ4v) is 5.91. The van der Waals surface area contributed by atoms with Gasteiger partial charge in [0.2, 0.25) is 0 Å². The molecule has 228 valence electrons. The SMILES string of the molecule is COC(=O)c1c(OCc2ccccc2)c2c(n(Cc3ccc(OC)cc3OC)c1=O)-c1cc3cc(C=O)n(C)c3cc1C=CC2. The van der Waals surface area contributed by atoms with Crippen LogP contribution in [0, 0.1) is 0 Å². The minimum Gasteiger partial charge on any atom is -0.497 e. The van der Waals surface area contributed by atoms with Gasteiger partial charge in [0.1, 0.15) is 23.9 Å². The van der Waals surface area contributed by atoms with Crippen molar-refractivity contribution >= 4 is 29.2 Å². The molecular formula is C36H32N2O7. The summed E-state index contributed by atoms with van der Waals surface area (Å²) in [5.74, 6) is 0.528. The van der Waals surface area contributed by atoms with Crippen LogP contribution in [-0.2, 0) is 31.4 Å². The van der Waals surface area contributed by atoms with Crippen LogP contribution in [0.4, 0.5) is 0 Å². The number of nitrogens with zero attached hydrogens (tertiary/aromatic N) is 2. The third kappa shape index (κ3) is 5.26. The lowest BCUT2D eigenvalue weighted by molar-refractivity contribution is 0.0592. The zero-order chi connectivity index (χ0) is 31.7. The molecule has 2 heterocycles. The summed E-state index contributed by atoms with van der Waals surface area (Å²) < 4.78 is 26.0. The molecule has 0 radical (unpaired) electrons. The second-order valence-corrected chi connectivity index (χ2v) is 10.7. The molecule has 0 saturated heterocycles. The number of fused-ring (bicyclic) bond motifs is 4. The fraction of sp³-hybridized carbons (Fsp3) is 0.194. The van der Waals surface area contributed by atoms with Crippen molar-refractivity contribution in [2.24, 2.45) is 7.05 Å². The zero-order valence-corrected chi connectivity index (χ0v) is 25.5. The van der Waals surface area contributed by atoms with Crippen molar-refractivity contribution in [2.75, 3.05) is 21.3 Å². The Morgan fingerprint density at radius 2 is 1.78 bits per heavy atom. The summed E-state index contributed by atoms with van der Waals surface area (Å²) in [4.78, 5) is 39.7. The van der Waals surface area contributed by atoms with Crippen molar-refractivity contribution in [1.29, 1.82) is 0 Å². The Bertz CT molecular complexity index is 2040. The lowest BCUT2D eigenvalue weighted by Gasteiger charge is -2.23. The van der Waals surface area contributed by atoms with Crippen molar-refractivity contribution in [1.82, 2.24) is 9.13 Å². The molecule has 0 spiro atoms. The van der Waals surface area contributed by atoms with Crippen LogP contribution in [0.2, 0.25) is 0 Å². The second kappa shape index (κ2) is 12.2. The summed E-state index contributed by atoms with van der Waals surface area (Å²) in [6, 6.07) is 20.7. The first kappa shape index (κ1) is 29.5. The van der Waals surface area contributed by atoms with E-state index in [1.165, 1.54) is 7.11 Å². The number of aromatic nitrogens is 2. The number of hydrogen-bond acceptors (Lipinski definition) is 7. The van der Waals surface area contributed by atoms with Gasteiger partial charge >= 0.3 is 5.97 Å². The van der Waals surface area contributed by atoms with E-state index in [1.54, 1.807) is 30.9 Å². The number of aldehydes is 1. The zero-order valence-electron chi connectivity index (χ0n) is 25.5. The van der Waals surface area contributed by atoms with E-state index in [0.29, 0.717) is 40.4 Å². The molecule has 0 saturated carbocycles. The van der Waals surface area contributed by atoms with Crippen molar-refractivity contribution in [2.45, 2.75) is 19.6 Å². The summed E-state index contributed by atoms with van der Waals surface area (Å²) in [5.41, 5.74) is 5.15. The van der Waals surface area contributed by atoms with Crippen LogP contribution in [0.25, 0.3) is 28.2 Å². The lowest BCUT2D eigenvalue weighted by Crippen LogP contribution is -2.31. The summed E-state index contributed by atoms with van der Waals surface area (Å²) in [6.07, 6.45) is 5.18. The van der Waals surface area contributed by atoms with E-state index in [2.05, 4.69) is 0 Å². The largest absolute Gasteiger partial charge is 0.497 e. The summed E-state index contributed by atoms with van der Waals surface area (Å²) in [7, 11) is 6.21. The standard InChI is InChI=1S/C36H32N2O7/c1-37-26(20-39)15-25-16-29-23(17-30(25)37)11-8-12-28-33(29)38(19-24-13-14-27(42-2)18-31(24)43-3)35(40)32(36(41)44-4)34(28)45-21-22-9-6-5-7-10-22/h5-11,13-18,20H,12,19,21H2,1-4H3. The van der Waals surface area contributed by atoms with E-state index in [4.69, 9.17) is 18.9 Å². The van der Waals surface area contributed by atoms with Crippen LogP contribution >= 0.6 is 0 Å². The maximum absolute atomic E-state index is 14.5. The van der Waals surface area contributed by atoms with Gasteiger partial charge in [-0.25, -0.2) is 4.79 Å². The highest BCUT2D eigenvalue weighted by molar-refractivity contribution is 5.97. The van der Waals surface area contributed by atoms with Crippen LogP contribution in [0.3, 0.4) is 0 Å². The molecule has 0 N–H and O–H groups in total. The summed E-state index contributed by atoms with van der Waals surface area (Å²) in [5, 5.41) is 0.837. The highest BCUT2D eigenvalue weighted by atomic mass is 16.5. The molecule has 2 aromatic heterocycles. The Balaban J connectivity index is 1.66. The number of carbonyl (C=O) groups is 2. The van der Waals surface area contributed by atoms with E-state index in [1.807, 2.05) is 78.4 Å². The van der Waals surface area contributed by atoms with E-state index in [-0.39, 0.29) is 24.5 Å². The number of aryl methyl sites for hydroxylation is 1. The van der Waals surface area contributed by atoms with Crippen LogP contribution in [0.15, 0.2) is 77.6 Å². The monoisotopic (exact) mass is 604 g/mol. The molecular weight excluding hydrogens is 572 g/mol. The molecule has 0 unspecified atom stereocenters. The Hall–Kier alpha value is -5.57. The number of ether oxygens (including phenoxy) is 4. The normalized spacial score (nSPS) is 11.8. The van der Waals surface area contributed by atoms with Gasteiger partial charge in [0.05, 0.1) is 39.3 Å². The minimum atomic E-state index is -0.788. The van der Waals surface area contributed by atoms with Gasteiger partial charge in [-0.3, -0.25) is 9.59 Å². The van der Waals surface area contributed by atoms with Crippen molar-refractivity contribution in [3.05, 3.63) is 117 Å². The molecule has 0 amide bonds. The Kier molecular flexibility index (Phi) is 8.00. The molecule has 3 aromatic carbocycles. The van der Waals surface area contributed by atoms with E-state index >= 15 is 0 Å². The van der Waals surface area contributed by atoms with Gasteiger partial charge in [0, 0.05) is 40.7 Å².